The Morgan fingerprint density at radius 2 is 2.00 bits per heavy atom. The molecule has 6 heteroatoms. The third-order valence-corrected chi connectivity index (χ3v) is 3.89. The average Bonchev–Trinajstić information content (AvgIpc) is 2.27. The monoisotopic (exact) mass is 259 g/mol. The Kier molecular flexibility index (Phi) is 4.62. The maximum Gasteiger partial charge on any atom is 0.221 e. The van der Waals surface area contributed by atoms with Gasteiger partial charge in [-0.15, -0.1) is 0 Å². The summed E-state index contributed by atoms with van der Waals surface area (Å²) in [7, 11) is -3.74. The van der Waals surface area contributed by atoms with Crippen molar-refractivity contribution in [2.75, 3.05) is 12.3 Å². The van der Waals surface area contributed by atoms with E-state index in [0.29, 0.717) is 6.54 Å². The van der Waals surface area contributed by atoms with E-state index in [-0.39, 0.29) is 23.0 Å². The van der Waals surface area contributed by atoms with Crippen LogP contribution in [0, 0.1) is 5.82 Å². The molecule has 0 spiro atoms. The molecule has 0 bridgehead atoms. The molecule has 1 N–H and O–H groups in total. The zero-order chi connectivity index (χ0) is 12.9. The van der Waals surface area contributed by atoms with Crippen LogP contribution in [0.1, 0.15) is 13.3 Å². The molecule has 0 radical (unpaired) electrons. The van der Waals surface area contributed by atoms with Gasteiger partial charge in [-0.1, -0.05) is 12.1 Å². The number of benzene rings is 1. The summed E-state index contributed by atoms with van der Waals surface area (Å²) in [5, 5.41) is 2.49. The summed E-state index contributed by atoms with van der Waals surface area (Å²) in [4.78, 5) is 10.8. The lowest BCUT2D eigenvalue weighted by Gasteiger charge is -2.05. The molecule has 0 saturated heterocycles. The van der Waals surface area contributed by atoms with Crippen LogP contribution in [0.4, 0.5) is 4.39 Å². The van der Waals surface area contributed by atoms with Gasteiger partial charge in [0, 0.05) is 13.0 Å². The van der Waals surface area contributed by atoms with Crippen LogP contribution in [0.2, 0.25) is 0 Å². The molecule has 0 aliphatic rings. The van der Waals surface area contributed by atoms with Crippen LogP contribution < -0.4 is 5.32 Å². The van der Waals surface area contributed by atoms with Crippen LogP contribution in [0.3, 0.4) is 0 Å². The summed E-state index contributed by atoms with van der Waals surface area (Å²) in [6.07, 6.45) is -0.162. The summed E-state index contributed by atoms with van der Waals surface area (Å²) in [5.41, 5.74) is 0. The predicted molar refractivity (Wildman–Crippen MR) is 61.8 cm³/mol. The van der Waals surface area contributed by atoms with Gasteiger partial charge in [0.05, 0.1) is 5.75 Å². The average molecular weight is 259 g/mol. The number of halogens is 1. The zero-order valence-electron chi connectivity index (χ0n) is 9.44. The second-order valence-corrected chi connectivity index (χ2v) is 5.53. The number of carbonyl (C=O) groups excluding carboxylic acids is 1. The number of sulfone groups is 1. The fraction of sp³-hybridized carbons (Fsp3) is 0.364. The first-order valence-electron chi connectivity index (χ1n) is 5.21. The number of amides is 1. The number of carbonyl (C=O) groups is 1. The zero-order valence-corrected chi connectivity index (χ0v) is 10.3. The van der Waals surface area contributed by atoms with Gasteiger partial charge in [0.15, 0.2) is 9.84 Å². The van der Waals surface area contributed by atoms with Crippen LogP contribution in [-0.4, -0.2) is 26.6 Å². The highest BCUT2D eigenvalue weighted by Gasteiger charge is 2.19. The molecular formula is C11H14FNO3S. The van der Waals surface area contributed by atoms with Crippen LogP contribution in [-0.2, 0) is 14.6 Å². The molecule has 1 rings (SSSR count). The summed E-state index contributed by atoms with van der Waals surface area (Å²) >= 11 is 0. The lowest BCUT2D eigenvalue weighted by Crippen LogP contribution is -2.25. The first-order chi connectivity index (χ1) is 7.97. The highest BCUT2D eigenvalue weighted by atomic mass is 32.2. The molecule has 0 atom stereocenters. The van der Waals surface area contributed by atoms with E-state index in [4.69, 9.17) is 0 Å². The van der Waals surface area contributed by atoms with Crippen LogP contribution in [0.25, 0.3) is 0 Å². The van der Waals surface area contributed by atoms with E-state index in [9.17, 15) is 17.6 Å². The minimum atomic E-state index is -3.74. The lowest BCUT2D eigenvalue weighted by atomic mass is 10.3. The number of hydrogen-bond donors (Lipinski definition) is 1. The molecule has 0 aliphatic heterocycles. The van der Waals surface area contributed by atoms with Gasteiger partial charge < -0.3 is 5.32 Å². The molecule has 1 aromatic rings. The van der Waals surface area contributed by atoms with Crippen LogP contribution in [0.5, 0.6) is 0 Å². The molecule has 0 aromatic heterocycles. The Bertz CT molecular complexity index is 499. The van der Waals surface area contributed by atoms with Crippen LogP contribution in [0.15, 0.2) is 29.2 Å². The van der Waals surface area contributed by atoms with E-state index in [1.54, 1.807) is 6.92 Å². The van der Waals surface area contributed by atoms with Gasteiger partial charge in [-0.25, -0.2) is 12.8 Å². The minimum absolute atomic E-state index is 0.162. The highest BCUT2D eigenvalue weighted by molar-refractivity contribution is 7.91. The molecule has 0 fully saturated rings. The Labute approximate surface area is 99.8 Å². The normalized spacial score (nSPS) is 11.2. The van der Waals surface area contributed by atoms with Crippen molar-refractivity contribution < 1.29 is 17.6 Å². The first kappa shape index (κ1) is 13.6. The molecule has 0 aliphatic carbocycles. The van der Waals surface area contributed by atoms with Crippen molar-refractivity contribution in [1.82, 2.24) is 5.32 Å². The fourth-order valence-corrected chi connectivity index (χ4v) is 2.64. The standard InChI is InChI=1S/C11H14FNO3S/c1-2-13-11(14)7-8-17(15,16)10-6-4-3-5-9(10)12/h3-6H,2,7-8H2,1H3,(H,13,14). The molecule has 4 nitrogen and oxygen atoms in total. The van der Waals surface area contributed by atoms with E-state index in [1.807, 2.05) is 0 Å². The molecule has 94 valence electrons. The maximum atomic E-state index is 13.3. The van der Waals surface area contributed by atoms with Gasteiger partial charge in [-0.2, -0.15) is 0 Å². The summed E-state index contributed by atoms with van der Waals surface area (Å²) in [6.45, 7) is 2.18. The van der Waals surface area contributed by atoms with Crippen molar-refractivity contribution in [2.45, 2.75) is 18.2 Å². The Morgan fingerprint density at radius 3 is 2.59 bits per heavy atom. The molecule has 1 amide bonds. The second-order valence-electron chi connectivity index (χ2n) is 3.45. The molecule has 17 heavy (non-hydrogen) atoms. The molecule has 0 saturated carbocycles. The fourth-order valence-electron chi connectivity index (χ4n) is 1.32. The largest absolute Gasteiger partial charge is 0.356 e. The van der Waals surface area contributed by atoms with Gasteiger partial charge in [-0.05, 0) is 19.1 Å². The smallest absolute Gasteiger partial charge is 0.221 e. The summed E-state index contributed by atoms with van der Waals surface area (Å²) in [6, 6.07) is 5.14. The number of nitrogens with one attached hydrogen (secondary N) is 1. The molecule has 1 aromatic carbocycles. The van der Waals surface area contributed by atoms with E-state index in [0.717, 1.165) is 6.07 Å². The third kappa shape index (κ3) is 3.81. The first-order valence-corrected chi connectivity index (χ1v) is 6.86. The molecule has 0 unspecified atom stereocenters. The number of rotatable bonds is 5. The van der Waals surface area contributed by atoms with Crippen molar-refractivity contribution in [3.05, 3.63) is 30.1 Å². The quantitative estimate of drug-likeness (QED) is 0.862. The minimum Gasteiger partial charge on any atom is -0.356 e. The summed E-state index contributed by atoms with van der Waals surface area (Å²) in [5.74, 6) is -1.53. The third-order valence-electron chi connectivity index (χ3n) is 2.14. The molecule has 0 heterocycles. The Balaban J connectivity index is 2.77. The second kappa shape index (κ2) is 5.77. The Morgan fingerprint density at radius 1 is 1.35 bits per heavy atom. The molecular weight excluding hydrogens is 245 g/mol. The van der Waals surface area contributed by atoms with Crippen molar-refractivity contribution in [1.29, 1.82) is 0 Å². The van der Waals surface area contributed by atoms with Crippen molar-refractivity contribution in [2.24, 2.45) is 0 Å². The topological polar surface area (TPSA) is 63.2 Å². The van der Waals surface area contributed by atoms with E-state index in [1.165, 1.54) is 18.2 Å². The Hall–Kier alpha value is -1.43. The van der Waals surface area contributed by atoms with E-state index >= 15 is 0 Å². The van der Waals surface area contributed by atoms with Gasteiger partial charge in [0.1, 0.15) is 10.7 Å². The number of hydrogen-bond acceptors (Lipinski definition) is 3. The van der Waals surface area contributed by atoms with E-state index < -0.39 is 15.7 Å². The van der Waals surface area contributed by atoms with Crippen LogP contribution >= 0.6 is 0 Å². The lowest BCUT2D eigenvalue weighted by molar-refractivity contribution is -0.120. The van der Waals surface area contributed by atoms with Crippen molar-refractivity contribution >= 4 is 15.7 Å². The van der Waals surface area contributed by atoms with Gasteiger partial charge >= 0.3 is 0 Å². The maximum absolute atomic E-state index is 13.3. The predicted octanol–water partition coefficient (Wildman–Crippen LogP) is 1.13. The van der Waals surface area contributed by atoms with Crippen molar-refractivity contribution in [3.8, 4) is 0 Å². The van der Waals surface area contributed by atoms with Gasteiger partial charge in [0.25, 0.3) is 0 Å². The van der Waals surface area contributed by atoms with Gasteiger partial charge in [-0.3, -0.25) is 4.79 Å². The van der Waals surface area contributed by atoms with Gasteiger partial charge in [0.2, 0.25) is 5.91 Å². The SMILES string of the molecule is CCNC(=O)CCS(=O)(=O)c1ccccc1F. The summed E-state index contributed by atoms with van der Waals surface area (Å²) < 4.78 is 36.8. The van der Waals surface area contributed by atoms with E-state index in [2.05, 4.69) is 5.32 Å². The van der Waals surface area contributed by atoms with Crippen molar-refractivity contribution in [3.63, 3.8) is 0 Å². The highest BCUT2D eigenvalue weighted by Crippen LogP contribution is 2.15.